The Kier molecular flexibility index (Phi) is 2.43. The zero-order chi connectivity index (χ0) is 12.2. The van der Waals surface area contributed by atoms with Crippen LogP contribution < -0.4 is 0 Å². The van der Waals surface area contributed by atoms with Crippen molar-refractivity contribution in [1.82, 2.24) is 19.3 Å². The lowest BCUT2D eigenvalue weighted by molar-refractivity contribution is 0.591. The van der Waals surface area contributed by atoms with Crippen LogP contribution in [0.5, 0.6) is 0 Å². The van der Waals surface area contributed by atoms with E-state index in [4.69, 9.17) is 11.6 Å². The predicted molar refractivity (Wildman–Crippen MR) is 68.2 cm³/mol. The van der Waals surface area contributed by atoms with Gasteiger partial charge in [-0.2, -0.15) is 5.10 Å². The van der Waals surface area contributed by atoms with Crippen molar-refractivity contribution in [3.63, 3.8) is 0 Å². The third-order valence-electron chi connectivity index (χ3n) is 3.41. The first kappa shape index (κ1) is 11.1. The number of aromatic nitrogens is 4. The van der Waals surface area contributed by atoms with E-state index in [1.165, 1.54) is 12.8 Å². The molecule has 0 spiro atoms. The topological polar surface area (TPSA) is 35.6 Å². The zero-order valence-electron chi connectivity index (χ0n) is 10.4. The van der Waals surface area contributed by atoms with E-state index < -0.39 is 0 Å². The van der Waals surface area contributed by atoms with Gasteiger partial charge in [0.15, 0.2) is 5.65 Å². The maximum Gasteiger partial charge on any atom is 0.158 e. The summed E-state index contributed by atoms with van der Waals surface area (Å²) in [5.41, 5.74) is 3.09. The maximum atomic E-state index is 6.23. The molecule has 0 aromatic carbocycles. The van der Waals surface area contributed by atoms with E-state index in [9.17, 15) is 0 Å². The number of fused-ring (bicyclic) bond motifs is 1. The summed E-state index contributed by atoms with van der Waals surface area (Å²) in [4.78, 5) is 4.66. The van der Waals surface area contributed by atoms with Gasteiger partial charge in [0.05, 0.1) is 11.1 Å². The molecule has 1 aliphatic rings. The van der Waals surface area contributed by atoms with Crippen molar-refractivity contribution in [3.8, 4) is 0 Å². The normalized spacial score (nSPS) is 17.9. The van der Waals surface area contributed by atoms with Crippen LogP contribution in [-0.2, 0) is 13.6 Å². The van der Waals surface area contributed by atoms with Crippen molar-refractivity contribution in [2.45, 2.75) is 38.6 Å². The van der Waals surface area contributed by atoms with Gasteiger partial charge < -0.3 is 4.57 Å². The second-order valence-corrected chi connectivity index (χ2v) is 5.68. The predicted octanol–water partition coefficient (Wildman–Crippen LogP) is 2.79. The standard InChI is InChI=1S/C12H17ClN4/c1-7(13)11-14-10-8(2)15-16(3)12(10)17(11)6-9-4-5-9/h7,9H,4-6H2,1-3H3. The summed E-state index contributed by atoms with van der Waals surface area (Å²) in [5, 5.41) is 4.37. The van der Waals surface area contributed by atoms with Crippen LogP contribution >= 0.6 is 11.6 Å². The van der Waals surface area contributed by atoms with E-state index in [1.54, 1.807) is 0 Å². The van der Waals surface area contributed by atoms with Gasteiger partial charge in [0.25, 0.3) is 0 Å². The van der Waals surface area contributed by atoms with Gasteiger partial charge in [-0.25, -0.2) is 4.98 Å². The Morgan fingerprint density at radius 3 is 2.76 bits per heavy atom. The number of alkyl halides is 1. The van der Waals surface area contributed by atoms with Crippen molar-refractivity contribution in [2.24, 2.45) is 13.0 Å². The number of imidazole rings is 1. The molecule has 0 amide bonds. The molecule has 2 heterocycles. The van der Waals surface area contributed by atoms with Crippen molar-refractivity contribution in [2.75, 3.05) is 0 Å². The molecule has 2 aromatic heterocycles. The molecular weight excluding hydrogens is 236 g/mol. The van der Waals surface area contributed by atoms with Crippen molar-refractivity contribution in [3.05, 3.63) is 11.5 Å². The number of nitrogens with zero attached hydrogens (tertiary/aromatic N) is 4. The minimum Gasteiger partial charge on any atom is -0.311 e. The lowest BCUT2D eigenvalue weighted by Crippen LogP contribution is -2.09. The monoisotopic (exact) mass is 252 g/mol. The van der Waals surface area contributed by atoms with Gasteiger partial charge in [-0.3, -0.25) is 4.68 Å². The molecular formula is C12H17ClN4. The highest BCUT2D eigenvalue weighted by Gasteiger charge is 2.27. The highest BCUT2D eigenvalue weighted by Crippen LogP contribution is 2.34. The summed E-state index contributed by atoms with van der Waals surface area (Å²) < 4.78 is 4.17. The Morgan fingerprint density at radius 1 is 1.47 bits per heavy atom. The fraction of sp³-hybridized carbons (Fsp3) is 0.667. The van der Waals surface area contributed by atoms with Crippen LogP contribution in [0.2, 0.25) is 0 Å². The summed E-state index contributed by atoms with van der Waals surface area (Å²) in [6, 6.07) is 0. The van der Waals surface area contributed by atoms with Crippen LogP contribution in [0.4, 0.5) is 0 Å². The molecule has 1 atom stereocenters. The molecule has 0 N–H and O–H groups in total. The minimum atomic E-state index is -0.0550. The van der Waals surface area contributed by atoms with Crippen molar-refractivity contribution in [1.29, 1.82) is 0 Å². The maximum absolute atomic E-state index is 6.23. The summed E-state index contributed by atoms with van der Waals surface area (Å²) >= 11 is 6.23. The highest BCUT2D eigenvalue weighted by atomic mass is 35.5. The van der Waals surface area contributed by atoms with Crippen LogP contribution in [0.25, 0.3) is 11.2 Å². The smallest absolute Gasteiger partial charge is 0.158 e. The number of aryl methyl sites for hydroxylation is 2. The third kappa shape index (κ3) is 1.75. The average molecular weight is 253 g/mol. The molecule has 0 saturated heterocycles. The Morgan fingerprint density at radius 2 is 2.18 bits per heavy atom. The van der Waals surface area contributed by atoms with Crippen molar-refractivity contribution >= 4 is 22.8 Å². The summed E-state index contributed by atoms with van der Waals surface area (Å²) in [6.45, 7) is 5.01. The Hall–Kier alpha value is -1.03. The molecule has 3 rings (SSSR count). The Labute approximate surface area is 106 Å². The van der Waals surface area contributed by atoms with Crippen LogP contribution in [0, 0.1) is 12.8 Å². The lowest BCUT2D eigenvalue weighted by atomic mass is 10.3. The molecule has 1 fully saturated rings. The van der Waals surface area contributed by atoms with Gasteiger partial charge in [0.1, 0.15) is 11.3 Å². The van der Waals surface area contributed by atoms with E-state index in [1.807, 2.05) is 25.6 Å². The quantitative estimate of drug-likeness (QED) is 0.788. The molecule has 1 saturated carbocycles. The SMILES string of the molecule is Cc1nn(C)c2c1nc(C(C)Cl)n2CC1CC1. The molecule has 92 valence electrons. The molecule has 17 heavy (non-hydrogen) atoms. The largest absolute Gasteiger partial charge is 0.311 e. The van der Waals surface area contributed by atoms with E-state index in [-0.39, 0.29) is 5.38 Å². The van der Waals surface area contributed by atoms with Crippen LogP contribution in [0.1, 0.15) is 36.7 Å². The zero-order valence-corrected chi connectivity index (χ0v) is 11.2. The van der Waals surface area contributed by atoms with E-state index in [0.717, 1.165) is 35.1 Å². The molecule has 1 unspecified atom stereocenters. The molecule has 0 radical (unpaired) electrons. The van der Waals surface area contributed by atoms with Crippen LogP contribution in [0.3, 0.4) is 0 Å². The third-order valence-corrected chi connectivity index (χ3v) is 3.61. The van der Waals surface area contributed by atoms with E-state index >= 15 is 0 Å². The Balaban J connectivity index is 2.20. The first-order valence-corrected chi connectivity index (χ1v) is 6.55. The molecule has 2 aromatic rings. The van der Waals surface area contributed by atoms with Crippen LogP contribution in [-0.4, -0.2) is 19.3 Å². The second kappa shape index (κ2) is 3.73. The minimum absolute atomic E-state index is 0.0550. The lowest BCUT2D eigenvalue weighted by Gasteiger charge is -2.10. The molecule has 1 aliphatic carbocycles. The summed E-state index contributed by atoms with van der Waals surface area (Å²) in [7, 11) is 1.98. The summed E-state index contributed by atoms with van der Waals surface area (Å²) in [5.74, 6) is 1.78. The number of hydrogen-bond acceptors (Lipinski definition) is 2. The summed E-state index contributed by atoms with van der Waals surface area (Å²) in [6.07, 6.45) is 2.65. The van der Waals surface area contributed by atoms with Gasteiger partial charge in [-0.15, -0.1) is 11.6 Å². The number of hydrogen-bond donors (Lipinski definition) is 0. The molecule has 5 heteroatoms. The molecule has 0 aliphatic heterocycles. The molecule has 4 nitrogen and oxygen atoms in total. The highest BCUT2D eigenvalue weighted by molar-refractivity contribution is 6.20. The van der Waals surface area contributed by atoms with Gasteiger partial charge >= 0.3 is 0 Å². The number of rotatable bonds is 3. The van der Waals surface area contributed by atoms with Gasteiger partial charge in [0, 0.05) is 13.6 Å². The van der Waals surface area contributed by atoms with Crippen LogP contribution in [0.15, 0.2) is 0 Å². The van der Waals surface area contributed by atoms with Gasteiger partial charge in [-0.05, 0) is 32.6 Å². The first-order valence-electron chi connectivity index (χ1n) is 6.11. The second-order valence-electron chi connectivity index (χ2n) is 5.02. The number of halogens is 1. The fourth-order valence-corrected chi connectivity index (χ4v) is 2.56. The first-order chi connectivity index (χ1) is 8.08. The van der Waals surface area contributed by atoms with E-state index in [2.05, 4.69) is 14.6 Å². The Bertz CT molecular complexity index is 563. The molecule has 0 bridgehead atoms. The van der Waals surface area contributed by atoms with Gasteiger partial charge in [0.2, 0.25) is 0 Å². The van der Waals surface area contributed by atoms with E-state index in [0.29, 0.717) is 0 Å². The van der Waals surface area contributed by atoms with Gasteiger partial charge in [-0.1, -0.05) is 0 Å². The van der Waals surface area contributed by atoms with Crippen molar-refractivity contribution < 1.29 is 0 Å². The average Bonchev–Trinajstić information content (AvgIpc) is 2.89. The fourth-order valence-electron chi connectivity index (χ4n) is 2.39.